The van der Waals surface area contributed by atoms with Crippen molar-refractivity contribution in [2.24, 2.45) is 5.73 Å². The van der Waals surface area contributed by atoms with Crippen molar-refractivity contribution in [2.45, 2.75) is 32.4 Å². The molecule has 0 spiro atoms. The fourth-order valence-corrected chi connectivity index (χ4v) is 3.21. The molecule has 2 aromatic rings. The lowest BCUT2D eigenvalue weighted by Gasteiger charge is -2.30. The monoisotopic (exact) mass is 290 g/mol. The molecule has 4 nitrogen and oxygen atoms in total. The molecule has 2 N–H and O–H groups in total. The first-order valence-corrected chi connectivity index (χ1v) is 7.52. The highest BCUT2D eigenvalue weighted by Gasteiger charge is 2.27. The molecule has 1 aliphatic rings. The molecule has 0 fully saturated rings. The maximum absolute atomic E-state index is 6.26. The van der Waals surface area contributed by atoms with E-state index in [9.17, 15) is 0 Å². The van der Waals surface area contributed by atoms with Gasteiger partial charge >= 0.3 is 0 Å². The summed E-state index contributed by atoms with van der Waals surface area (Å²) in [6.45, 7) is 4.59. The standard InChI is InChI=1S/C15H18N2O2S/c1-9-10(2)20-15(17-9)7-11(16)14-8-18-12-5-3-4-6-13(12)19-14/h3-6,11,14H,7-8,16H2,1-2H3. The summed E-state index contributed by atoms with van der Waals surface area (Å²) in [6.07, 6.45) is 0.588. The molecule has 1 aromatic heterocycles. The second-order valence-electron chi connectivity index (χ2n) is 5.03. The Hall–Kier alpha value is -1.59. The van der Waals surface area contributed by atoms with Gasteiger partial charge in [0.05, 0.1) is 16.7 Å². The molecule has 0 amide bonds. The molecule has 1 aliphatic heterocycles. The van der Waals surface area contributed by atoms with E-state index < -0.39 is 0 Å². The Kier molecular flexibility index (Phi) is 3.63. The van der Waals surface area contributed by atoms with Gasteiger partial charge in [-0.3, -0.25) is 0 Å². The molecule has 0 radical (unpaired) electrons. The minimum atomic E-state index is -0.130. The summed E-state index contributed by atoms with van der Waals surface area (Å²) in [4.78, 5) is 5.78. The van der Waals surface area contributed by atoms with Crippen molar-refractivity contribution in [2.75, 3.05) is 6.61 Å². The fraction of sp³-hybridized carbons (Fsp3) is 0.400. The van der Waals surface area contributed by atoms with Gasteiger partial charge in [0.1, 0.15) is 12.7 Å². The first-order chi connectivity index (χ1) is 9.63. The van der Waals surface area contributed by atoms with E-state index >= 15 is 0 Å². The average Bonchev–Trinajstić information content (AvgIpc) is 2.76. The molecule has 106 valence electrons. The van der Waals surface area contributed by atoms with Gasteiger partial charge in [0.2, 0.25) is 0 Å². The molecule has 0 aliphatic carbocycles. The lowest BCUT2D eigenvalue weighted by molar-refractivity contribution is 0.0722. The van der Waals surface area contributed by atoms with Crippen LogP contribution in [0.3, 0.4) is 0 Å². The van der Waals surface area contributed by atoms with E-state index in [1.807, 2.05) is 31.2 Å². The van der Waals surface area contributed by atoms with Gasteiger partial charge in [-0.15, -0.1) is 11.3 Å². The summed E-state index contributed by atoms with van der Waals surface area (Å²) >= 11 is 1.70. The molecule has 0 bridgehead atoms. The van der Waals surface area contributed by atoms with Gasteiger partial charge in [-0.1, -0.05) is 12.1 Å². The zero-order chi connectivity index (χ0) is 14.1. The Morgan fingerprint density at radius 3 is 2.80 bits per heavy atom. The van der Waals surface area contributed by atoms with Crippen molar-refractivity contribution in [1.82, 2.24) is 4.98 Å². The van der Waals surface area contributed by atoms with Gasteiger partial charge in [-0.2, -0.15) is 0 Å². The Bertz CT molecular complexity index is 592. The first-order valence-electron chi connectivity index (χ1n) is 6.70. The Balaban J connectivity index is 1.68. The number of hydrogen-bond acceptors (Lipinski definition) is 5. The predicted molar refractivity (Wildman–Crippen MR) is 79.6 cm³/mol. The Morgan fingerprint density at radius 2 is 2.10 bits per heavy atom. The van der Waals surface area contributed by atoms with E-state index in [1.54, 1.807) is 11.3 Å². The number of hydrogen-bond donors (Lipinski definition) is 1. The molecular formula is C15H18N2O2S. The van der Waals surface area contributed by atoms with Crippen molar-refractivity contribution in [3.63, 3.8) is 0 Å². The van der Waals surface area contributed by atoms with Crippen molar-refractivity contribution in [3.8, 4) is 11.5 Å². The van der Waals surface area contributed by atoms with Crippen LogP contribution in [0.2, 0.25) is 0 Å². The van der Waals surface area contributed by atoms with Gasteiger partial charge < -0.3 is 15.2 Å². The van der Waals surface area contributed by atoms with Crippen LogP contribution in [0, 0.1) is 13.8 Å². The van der Waals surface area contributed by atoms with E-state index in [2.05, 4.69) is 11.9 Å². The summed E-state index contributed by atoms with van der Waals surface area (Å²) in [7, 11) is 0. The van der Waals surface area contributed by atoms with E-state index in [-0.39, 0.29) is 12.1 Å². The maximum Gasteiger partial charge on any atom is 0.161 e. The molecule has 0 saturated carbocycles. The largest absolute Gasteiger partial charge is 0.486 e. The first kappa shape index (κ1) is 13.4. The molecule has 0 saturated heterocycles. The number of aryl methyl sites for hydroxylation is 2. The average molecular weight is 290 g/mol. The molecule has 20 heavy (non-hydrogen) atoms. The van der Waals surface area contributed by atoms with Crippen LogP contribution in [0.15, 0.2) is 24.3 Å². The number of aromatic nitrogens is 1. The lowest BCUT2D eigenvalue weighted by atomic mass is 10.1. The number of para-hydroxylation sites is 2. The number of thiazole rings is 1. The summed E-state index contributed by atoms with van der Waals surface area (Å²) in [5.74, 6) is 1.56. The highest BCUT2D eigenvalue weighted by Crippen LogP contribution is 2.31. The number of benzene rings is 1. The zero-order valence-corrected chi connectivity index (χ0v) is 12.4. The van der Waals surface area contributed by atoms with Crippen LogP contribution in [-0.4, -0.2) is 23.7 Å². The summed E-state index contributed by atoms with van der Waals surface area (Å²) < 4.78 is 11.6. The number of rotatable bonds is 3. The van der Waals surface area contributed by atoms with Crippen LogP contribution in [0.1, 0.15) is 15.6 Å². The Morgan fingerprint density at radius 1 is 1.35 bits per heavy atom. The summed E-state index contributed by atoms with van der Waals surface area (Å²) in [5, 5.41) is 1.06. The second-order valence-corrected chi connectivity index (χ2v) is 6.32. The fourth-order valence-electron chi connectivity index (χ4n) is 2.21. The normalized spacial score (nSPS) is 18.9. The highest BCUT2D eigenvalue weighted by atomic mass is 32.1. The third-order valence-electron chi connectivity index (χ3n) is 3.49. The van der Waals surface area contributed by atoms with Gasteiger partial charge in [0.15, 0.2) is 11.5 Å². The molecule has 2 unspecified atom stereocenters. The highest BCUT2D eigenvalue weighted by molar-refractivity contribution is 7.11. The number of nitrogens with two attached hydrogens (primary N) is 1. The van der Waals surface area contributed by atoms with E-state index in [4.69, 9.17) is 15.2 Å². The molecule has 2 atom stereocenters. The van der Waals surface area contributed by atoms with Crippen LogP contribution < -0.4 is 15.2 Å². The van der Waals surface area contributed by atoms with Crippen molar-refractivity contribution >= 4 is 11.3 Å². The minimum Gasteiger partial charge on any atom is -0.486 e. The number of nitrogens with zero attached hydrogens (tertiary/aromatic N) is 1. The van der Waals surface area contributed by atoms with Crippen LogP contribution in [0.25, 0.3) is 0 Å². The predicted octanol–water partition coefficient (Wildman–Crippen LogP) is 2.47. The van der Waals surface area contributed by atoms with Crippen molar-refractivity contribution in [3.05, 3.63) is 39.8 Å². The summed E-state index contributed by atoms with van der Waals surface area (Å²) in [6, 6.07) is 7.57. The zero-order valence-electron chi connectivity index (χ0n) is 11.6. The van der Waals surface area contributed by atoms with Crippen molar-refractivity contribution < 1.29 is 9.47 Å². The maximum atomic E-state index is 6.26. The molecular weight excluding hydrogens is 272 g/mol. The van der Waals surface area contributed by atoms with E-state index in [0.717, 1.165) is 28.6 Å². The smallest absolute Gasteiger partial charge is 0.161 e. The van der Waals surface area contributed by atoms with Crippen LogP contribution in [0.4, 0.5) is 0 Å². The van der Waals surface area contributed by atoms with E-state index in [1.165, 1.54) is 4.88 Å². The van der Waals surface area contributed by atoms with Gasteiger partial charge in [0.25, 0.3) is 0 Å². The van der Waals surface area contributed by atoms with Crippen LogP contribution in [0.5, 0.6) is 11.5 Å². The van der Waals surface area contributed by atoms with Crippen LogP contribution in [-0.2, 0) is 6.42 Å². The quantitative estimate of drug-likeness (QED) is 0.943. The third-order valence-corrected chi connectivity index (χ3v) is 4.59. The topological polar surface area (TPSA) is 57.4 Å². The molecule has 3 rings (SSSR count). The Labute approximate surface area is 122 Å². The number of fused-ring (bicyclic) bond motifs is 1. The summed E-state index contributed by atoms with van der Waals surface area (Å²) in [5.41, 5.74) is 7.35. The van der Waals surface area contributed by atoms with Crippen molar-refractivity contribution in [1.29, 1.82) is 0 Å². The number of ether oxygens (including phenoxy) is 2. The molecule has 5 heteroatoms. The minimum absolute atomic E-state index is 0.117. The molecule has 1 aromatic carbocycles. The van der Waals surface area contributed by atoms with Gasteiger partial charge in [-0.05, 0) is 26.0 Å². The molecule has 2 heterocycles. The van der Waals surface area contributed by atoms with Gasteiger partial charge in [-0.25, -0.2) is 4.98 Å². The lowest BCUT2D eigenvalue weighted by Crippen LogP contribution is -2.46. The SMILES string of the molecule is Cc1nc(CC(N)C2COc3ccccc3O2)sc1C. The second kappa shape index (κ2) is 5.42. The third kappa shape index (κ3) is 2.64. The van der Waals surface area contributed by atoms with Crippen LogP contribution >= 0.6 is 11.3 Å². The van der Waals surface area contributed by atoms with E-state index in [0.29, 0.717) is 6.61 Å². The van der Waals surface area contributed by atoms with Gasteiger partial charge in [0, 0.05) is 11.3 Å².